The zero-order valence-corrected chi connectivity index (χ0v) is 18.0. The molecule has 1 saturated heterocycles. The Morgan fingerprint density at radius 1 is 1.16 bits per heavy atom. The molecule has 1 atom stereocenters. The van der Waals surface area contributed by atoms with Gasteiger partial charge >= 0.3 is 0 Å². The quantitative estimate of drug-likeness (QED) is 0.567. The van der Waals surface area contributed by atoms with Crippen LogP contribution in [-0.4, -0.2) is 40.6 Å². The molecule has 4 rings (SSSR count). The van der Waals surface area contributed by atoms with Crippen molar-refractivity contribution in [1.29, 1.82) is 0 Å². The van der Waals surface area contributed by atoms with Gasteiger partial charge in [0.05, 0.1) is 25.0 Å². The number of piperidine rings is 1. The number of methoxy groups -OCH3 is 1. The van der Waals surface area contributed by atoms with E-state index in [-0.39, 0.29) is 17.7 Å². The number of anilines is 1. The van der Waals surface area contributed by atoms with Crippen LogP contribution in [0.1, 0.15) is 24.8 Å². The summed E-state index contributed by atoms with van der Waals surface area (Å²) in [7, 11) is 1.52. The van der Waals surface area contributed by atoms with E-state index in [1.807, 2.05) is 36.4 Å². The summed E-state index contributed by atoms with van der Waals surface area (Å²) in [5, 5.41) is 13.0. The molecule has 0 bridgehead atoms. The molecule has 3 aromatic rings. The van der Waals surface area contributed by atoms with Gasteiger partial charge in [-0.25, -0.2) is 4.98 Å². The van der Waals surface area contributed by atoms with E-state index in [1.54, 1.807) is 30.5 Å². The van der Waals surface area contributed by atoms with Crippen LogP contribution in [0.2, 0.25) is 0 Å². The van der Waals surface area contributed by atoms with Crippen LogP contribution >= 0.6 is 0 Å². The second kappa shape index (κ2) is 10.2. The number of benzene rings is 2. The minimum atomic E-state index is -0.242. The molecule has 0 spiro atoms. The van der Waals surface area contributed by atoms with E-state index in [4.69, 9.17) is 9.47 Å². The molecule has 7 nitrogen and oxygen atoms in total. The molecular weight excluding hydrogens is 406 g/mol. The van der Waals surface area contributed by atoms with Crippen LogP contribution < -0.4 is 14.8 Å². The lowest BCUT2D eigenvalue weighted by molar-refractivity contribution is -0.122. The van der Waals surface area contributed by atoms with Crippen molar-refractivity contribution >= 4 is 11.6 Å². The molecule has 0 aliphatic carbocycles. The number of para-hydroxylation sites is 1. The van der Waals surface area contributed by atoms with Gasteiger partial charge in [0.25, 0.3) is 0 Å². The standard InChI is InChI=1S/C25H27N3O4/c1-31-23-12-10-18(15-22(23)29)17-28-14-6-5-9-21(28)25(30)27-19-11-13-24(26-16-19)32-20-7-3-2-4-8-20/h2-4,7-8,10-13,15-16,21,29H,5-6,9,14,17H2,1H3,(H,27,30). The molecule has 7 heteroatoms. The molecule has 1 aliphatic rings. The van der Waals surface area contributed by atoms with Crippen LogP contribution in [0.25, 0.3) is 0 Å². The van der Waals surface area contributed by atoms with Crippen molar-refractivity contribution in [3.05, 3.63) is 72.4 Å². The summed E-state index contributed by atoms with van der Waals surface area (Å²) in [6.07, 6.45) is 4.44. The Morgan fingerprint density at radius 3 is 2.72 bits per heavy atom. The first-order valence-corrected chi connectivity index (χ1v) is 10.7. The number of aromatic hydroxyl groups is 1. The van der Waals surface area contributed by atoms with Gasteiger partial charge in [-0.05, 0) is 55.3 Å². The largest absolute Gasteiger partial charge is 0.504 e. The monoisotopic (exact) mass is 433 g/mol. The Morgan fingerprint density at radius 2 is 2.00 bits per heavy atom. The minimum absolute atomic E-state index is 0.0547. The fraction of sp³-hybridized carbons (Fsp3) is 0.280. The summed E-state index contributed by atoms with van der Waals surface area (Å²) in [6.45, 7) is 1.41. The molecule has 1 amide bonds. The molecule has 1 unspecified atom stereocenters. The zero-order valence-electron chi connectivity index (χ0n) is 18.0. The maximum atomic E-state index is 13.0. The van der Waals surface area contributed by atoms with E-state index in [2.05, 4.69) is 15.2 Å². The first kappa shape index (κ1) is 21.6. The second-order valence-electron chi connectivity index (χ2n) is 7.78. The number of aromatic nitrogens is 1. The van der Waals surface area contributed by atoms with Crippen LogP contribution in [0.5, 0.6) is 23.1 Å². The number of ether oxygens (including phenoxy) is 2. The molecule has 0 saturated carbocycles. The normalized spacial score (nSPS) is 16.3. The molecule has 2 heterocycles. The molecule has 32 heavy (non-hydrogen) atoms. The van der Waals surface area contributed by atoms with Crippen LogP contribution in [0.3, 0.4) is 0 Å². The predicted molar refractivity (Wildman–Crippen MR) is 122 cm³/mol. The fourth-order valence-corrected chi connectivity index (χ4v) is 3.90. The van der Waals surface area contributed by atoms with Crippen molar-refractivity contribution < 1.29 is 19.4 Å². The van der Waals surface area contributed by atoms with Gasteiger partial charge in [-0.2, -0.15) is 0 Å². The van der Waals surface area contributed by atoms with Crippen molar-refractivity contribution in [3.8, 4) is 23.1 Å². The van der Waals surface area contributed by atoms with Crippen LogP contribution in [-0.2, 0) is 11.3 Å². The van der Waals surface area contributed by atoms with Crippen molar-refractivity contribution in [2.45, 2.75) is 31.8 Å². The summed E-state index contributed by atoms with van der Waals surface area (Å²) in [4.78, 5) is 19.5. The van der Waals surface area contributed by atoms with Crippen molar-refractivity contribution in [2.75, 3.05) is 19.0 Å². The highest BCUT2D eigenvalue weighted by Crippen LogP contribution is 2.28. The maximum Gasteiger partial charge on any atom is 0.241 e. The highest BCUT2D eigenvalue weighted by Gasteiger charge is 2.29. The molecule has 1 aromatic heterocycles. The lowest BCUT2D eigenvalue weighted by Gasteiger charge is -2.34. The Bertz CT molecular complexity index is 1040. The Labute approximate surface area is 187 Å². The number of rotatable bonds is 7. The number of nitrogens with one attached hydrogen (secondary N) is 1. The van der Waals surface area contributed by atoms with Gasteiger partial charge in [-0.3, -0.25) is 9.69 Å². The van der Waals surface area contributed by atoms with Crippen LogP contribution in [0, 0.1) is 0 Å². The number of hydrogen-bond acceptors (Lipinski definition) is 6. The Kier molecular flexibility index (Phi) is 6.87. The topological polar surface area (TPSA) is 83.9 Å². The van der Waals surface area contributed by atoms with Gasteiger partial charge in [0, 0.05) is 12.6 Å². The van der Waals surface area contributed by atoms with E-state index in [9.17, 15) is 9.90 Å². The average molecular weight is 434 g/mol. The first-order chi connectivity index (χ1) is 15.6. The number of pyridine rings is 1. The number of amides is 1. The lowest BCUT2D eigenvalue weighted by Crippen LogP contribution is -2.46. The van der Waals surface area contributed by atoms with Crippen LogP contribution in [0.4, 0.5) is 5.69 Å². The molecule has 2 aromatic carbocycles. The fourth-order valence-electron chi connectivity index (χ4n) is 3.90. The molecule has 1 aliphatic heterocycles. The number of nitrogens with zero attached hydrogens (tertiary/aromatic N) is 2. The minimum Gasteiger partial charge on any atom is -0.504 e. The van der Waals surface area contributed by atoms with Crippen LogP contribution in [0.15, 0.2) is 66.9 Å². The van der Waals surface area contributed by atoms with Crippen molar-refractivity contribution in [3.63, 3.8) is 0 Å². The number of likely N-dealkylation sites (tertiary alicyclic amines) is 1. The third-order valence-electron chi connectivity index (χ3n) is 5.51. The number of phenolic OH excluding ortho intramolecular Hbond substituents is 1. The molecule has 166 valence electrons. The highest BCUT2D eigenvalue weighted by atomic mass is 16.5. The van der Waals surface area contributed by atoms with Crippen molar-refractivity contribution in [1.82, 2.24) is 9.88 Å². The van der Waals surface area contributed by atoms with E-state index >= 15 is 0 Å². The number of phenols is 1. The first-order valence-electron chi connectivity index (χ1n) is 10.7. The van der Waals surface area contributed by atoms with Gasteiger partial charge in [-0.1, -0.05) is 30.7 Å². The molecular formula is C25H27N3O4. The zero-order chi connectivity index (χ0) is 22.3. The van der Waals surface area contributed by atoms with E-state index in [0.29, 0.717) is 29.6 Å². The van der Waals surface area contributed by atoms with E-state index in [1.165, 1.54) is 7.11 Å². The highest BCUT2D eigenvalue weighted by molar-refractivity contribution is 5.94. The Hall–Kier alpha value is -3.58. The number of carbonyl (C=O) groups excluding carboxylic acids is 1. The SMILES string of the molecule is COc1ccc(CN2CCCCC2C(=O)Nc2ccc(Oc3ccccc3)nc2)cc1O. The molecule has 2 N–H and O–H groups in total. The molecule has 1 fully saturated rings. The van der Waals surface area contributed by atoms with Gasteiger partial charge in [0.15, 0.2) is 11.5 Å². The van der Waals surface area contributed by atoms with E-state index < -0.39 is 0 Å². The summed E-state index contributed by atoms with van der Waals surface area (Å²) >= 11 is 0. The van der Waals surface area contributed by atoms with Gasteiger partial charge < -0.3 is 19.9 Å². The summed E-state index contributed by atoms with van der Waals surface area (Å²) in [5.74, 6) is 1.66. The summed E-state index contributed by atoms with van der Waals surface area (Å²) in [5.41, 5.74) is 1.56. The van der Waals surface area contributed by atoms with Gasteiger partial charge in [0.1, 0.15) is 5.75 Å². The third kappa shape index (κ3) is 5.36. The van der Waals surface area contributed by atoms with E-state index in [0.717, 1.165) is 31.4 Å². The predicted octanol–water partition coefficient (Wildman–Crippen LogP) is 4.58. The maximum absolute atomic E-state index is 13.0. The smallest absolute Gasteiger partial charge is 0.241 e. The molecule has 0 radical (unpaired) electrons. The van der Waals surface area contributed by atoms with Gasteiger partial charge in [0.2, 0.25) is 11.8 Å². The van der Waals surface area contributed by atoms with Gasteiger partial charge in [-0.15, -0.1) is 0 Å². The second-order valence-corrected chi connectivity index (χ2v) is 7.78. The summed E-state index contributed by atoms with van der Waals surface area (Å²) in [6, 6.07) is 18.1. The number of hydrogen-bond donors (Lipinski definition) is 2. The average Bonchev–Trinajstić information content (AvgIpc) is 2.81. The summed E-state index contributed by atoms with van der Waals surface area (Å²) < 4.78 is 10.8. The number of carbonyl (C=O) groups is 1. The Balaban J connectivity index is 1.39. The lowest BCUT2D eigenvalue weighted by atomic mass is 10.00. The van der Waals surface area contributed by atoms with Crippen molar-refractivity contribution in [2.24, 2.45) is 0 Å². The third-order valence-corrected chi connectivity index (χ3v) is 5.51.